The van der Waals surface area contributed by atoms with Crippen LogP contribution in [0.5, 0.6) is 0 Å². The van der Waals surface area contributed by atoms with Crippen LogP contribution in [-0.2, 0) is 11.3 Å². The smallest absolute Gasteiger partial charge is 0.325 e. The fourth-order valence-corrected chi connectivity index (χ4v) is 1.38. The number of nitrogens with zero attached hydrogens (tertiary/aromatic N) is 2. The Morgan fingerprint density at radius 2 is 2.36 bits per heavy atom. The van der Waals surface area contributed by atoms with Crippen LogP contribution in [0.1, 0.15) is 0 Å². The summed E-state index contributed by atoms with van der Waals surface area (Å²) in [4.78, 5) is 10.5. The van der Waals surface area contributed by atoms with Crippen LogP contribution in [0.4, 0.5) is 5.69 Å². The Kier molecular flexibility index (Phi) is 1.85. The van der Waals surface area contributed by atoms with E-state index < -0.39 is 5.97 Å². The number of rotatable bonds is 2. The van der Waals surface area contributed by atoms with E-state index in [9.17, 15) is 4.79 Å². The third-order valence-corrected chi connectivity index (χ3v) is 2.01. The van der Waals surface area contributed by atoms with Crippen molar-refractivity contribution in [2.75, 3.05) is 5.73 Å². The van der Waals surface area contributed by atoms with Crippen LogP contribution in [0.3, 0.4) is 0 Å². The van der Waals surface area contributed by atoms with Gasteiger partial charge < -0.3 is 10.8 Å². The van der Waals surface area contributed by atoms with Crippen LogP contribution >= 0.6 is 0 Å². The number of aliphatic carboxylic acids is 1. The number of anilines is 1. The molecule has 0 radical (unpaired) electrons. The van der Waals surface area contributed by atoms with E-state index in [0.717, 1.165) is 10.9 Å². The van der Waals surface area contributed by atoms with Crippen molar-refractivity contribution in [2.24, 2.45) is 0 Å². The van der Waals surface area contributed by atoms with Crippen molar-refractivity contribution < 1.29 is 9.90 Å². The van der Waals surface area contributed by atoms with Gasteiger partial charge in [0.2, 0.25) is 0 Å². The summed E-state index contributed by atoms with van der Waals surface area (Å²) in [7, 11) is 0. The lowest BCUT2D eigenvalue weighted by atomic mass is 10.2. The zero-order chi connectivity index (χ0) is 10.1. The van der Waals surface area contributed by atoms with Crippen molar-refractivity contribution in [3.8, 4) is 0 Å². The highest BCUT2D eigenvalue weighted by atomic mass is 16.4. The van der Waals surface area contributed by atoms with Crippen LogP contribution in [0.2, 0.25) is 0 Å². The summed E-state index contributed by atoms with van der Waals surface area (Å²) >= 11 is 0. The Morgan fingerprint density at radius 1 is 1.57 bits per heavy atom. The zero-order valence-corrected chi connectivity index (χ0v) is 7.34. The number of nitrogens with two attached hydrogens (primary N) is 1. The van der Waals surface area contributed by atoms with Gasteiger partial charge >= 0.3 is 5.97 Å². The molecule has 0 bridgehead atoms. The van der Waals surface area contributed by atoms with E-state index in [0.29, 0.717) is 5.69 Å². The Morgan fingerprint density at radius 3 is 3.07 bits per heavy atom. The largest absolute Gasteiger partial charge is 0.480 e. The molecule has 0 aliphatic carbocycles. The van der Waals surface area contributed by atoms with Crippen LogP contribution in [0.15, 0.2) is 24.4 Å². The molecule has 0 saturated heterocycles. The van der Waals surface area contributed by atoms with Gasteiger partial charge in [-0.2, -0.15) is 5.10 Å². The lowest BCUT2D eigenvalue weighted by molar-refractivity contribution is -0.137. The highest BCUT2D eigenvalue weighted by molar-refractivity contribution is 5.90. The minimum Gasteiger partial charge on any atom is -0.480 e. The maximum atomic E-state index is 10.5. The van der Waals surface area contributed by atoms with Crippen molar-refractivity contribution in [3.05, 3.63) is 24.4 Å². The lowest BCUT2D eigenvalue weighted by Crippen LogP contribution is -2.09. The molecule has 1 aromatic heterocycles. The third-order valence-electron chi connectivity index (χ3n) is 2.01. The molecule has 2 aromatic rings. The molecular weight excluding hydrogens is 182 g/mol. The zero-order valence-electron chi connectivity index (χ0n) is 7.34. The number of fused-ring (bicyclic) bond motifs is 1. The second-order valence-electron chi connectivity index (χ2n) is 2.98. The summed E-state index contributed by atoms with van der Waals surface area (Å²) in [5.41, 5.74) is 7.05. The maximum Gasteiger partial charge on any atom is 0.325 e. The van der Waals surface area contributed by atoms with Crippen molar-refractivity contribution in [1.29, 1.82) is 0 Å². The Balaban J connectivity index is 2.58. The quantitative estimate of drug-likeness (QED) is 0.685. The summed E-state index contributed by atoms with van der Waals surface area (Å²) in [6, 6.07) is 5.33. The number of nitrogen functional groups attached to an aromatic ring is 1. The minimum atomic E-state index is -0.919. The molecule has 5 heteroatoms. The molecule has 0 fully saturated rings. The molecule has 14 heavy (non-hydrogen) atoms. The first-order valence-corrected chi connectivity index (χ1v) is 4.10. The molecule has 3 N–H and O–H groups in total. The normalized spacial score (nSPS) is 10.6. The summed E-state index contributed by atoms with van der Waals surface area (Å²) < 4.78 is 1.41. The van der Waals surface area contributed by atoms with Gasteiger partial charge in [-0.05, 0) is 12.1 Å². The summed E-state index contributed by atoms with van der Waals surface area (Å²) in [5.74, 6) is -0.919. The van der Waals surface area contributed by atoms with E-state index in [1.54, 1.807) is 24.4 Å². The van der Waals surface area contributed by atoms with Gasteiger partial charge in [0.15, 0.2) is 0 Å². The second kappa shape index (κ2) is 3.02. The van der Waals surface area contributed by atoms with E-state index in [4.69, 9.17) is 10.8 Å². The first kappa shape index (κ1) is 8.55. The molecule has 0 spiro atoms. The van der Waals surface area contributed by atoms with E-state index in [1.165, 1.54) is 4.68 Å². The Bertz CT molecular complexity index is 490. The molecule has 0 unspecified atom stereocenters. The molecular formula is C9H9N3O2. The second-order valence-corrected chi connectivity index (χ2v) is 2.98. The van der Waals surface area contributed by atoms with Crippen molar-refractivity contribution in [2.45, 2.75) is 6.54 Å². The van der Waals surface area contributed by atoms with E-state index in [-0.39, 0.29) is 6.54 Å². The number of carboxylic acids is 1. The number of aromatic nitrogens is 2. The molecule has 5 nitrogen and oxygen atoms in total. The number of benzene rings is 1. The minimum absolute atomic E-state index is 0.146. The Hall–Kier alpha value is -2.04. The van der Waals surface area contributed by atoms with E-state index in [2.05, 4.69) is 5.10 Å². The topological polar surface area (TPSA) is 81.1 Å². The predicted octanol–water partition coefficient (Wildman–Crippen LogP) is 0.703. The number of hydrogen-bond donors (Lipinski definition) is 2. The van der Waals surface area contributed by atoms with Crippen LogP contribution < -0.4 is 5.73 Å². The van der Waals surface area contributed by atoms with Crippen LogP contribution in [-0.4, -0.2) is 20.9 Å². The van der Waals surface area contributed by atoms with E-state index >= 15 is 0 Å². The monoisotopic (exact) mass is 191 g/mol. The number of carboxylic acid groups (broad SMARTS) is 1. The fourth-order valence-electron chi connectivity index (χ4n) is 1.38. The fraction of sp³-hybridized carbons (Fsp3) is 0.111. The van der Waals surface area contributed by atoms with Gasteiger partial charge in [-0.15, -0.1) is 0 Å². The average molecular weight is 191 g/mol. The summed E-state index contributed by atoms with van der Waals surface area (Å²) in [6.07, 6.45) is 1.58. The average Bonchev–Trinajstić information content (AvgIpc) is 2.49. The molecule has 0 saturated carbocycles. The highest BCUT2D eigenvalue weighted by Crippen LogP contribution is 2.19. The van der Waals surface area contributed by atoms with Gasteiger partial charge in [-0.25, -0.2) is 0 Å². The molecule has 0 atom stereocenters. The first-order valence-electron chi connectivity index (χ1n) is 4.10. The molecule has 0 aliphatic heterocycles. The highest BCUT2D eigenvalue weighted by Gasteiger charge is 2.06. The van der Waals surface area contributed by atoms with Gasteiger partial charge in [-0.1, -0.05) is 6.07 Å². The predicted molar refractivity (Wildman–Crippen MR) is 51.8 cm³/mol. The third kappa shape index (κ3) is 1.28. The molecule has 0 amide bonds. The van der Waals surface area contributed by atoms with Crippen molar-refractivity contribution in [1.82, 2.24) is 9.78 Å². The molecule has 2 rings (SSSR count). The Labute approximate surface area is 79.7 Å². The van der Waals surface area contributed by atoms with Gasteiger partial charge in [0.1, 0.15) is 6.54 Å². The number of hydrogen-bond acceptors (Lipinski definition) is 3. The molecule has 1 heterocycles. The van der Waals surface area contributed by atoms with E-state index in [1.807, 2.05) is 0 Å². The SMILES string of the molecule is Nc1cccc2c1cnn2CC(=O)O. The van der Waals surface area contributed by atoms with Crippen LogP contribution in [0, 0.1) is 0 Å². The maximum absolute atomic E-state index is 10.5. The number of carbonyl (C=O) groups is 1. The van der Waals surface area contributed by atoms with Gasteiger partial charge in [0, 0.05) is 11.1 Å². The first-order chi connectivity index (χ1) is 6.68. The summed E-state index contributed by atoms with van der Waals surface area (Å²) in [6.45, 7) is -0.146. The van der Waals surface area contributed by atoms with Gasteiger partial charge in [0.25, 0.3) is 0 Å². The lowest BCUT2D eigenvalue weighted by Gasteiger charge is -1.99. The molecule has 72 valence electrons. The van der Waals surface area contributed by atoms with Gasteiger partial charge in [-0.3, -0.25) is 9.48 Å². The van der Waals surface area contributed by atoms with Crippen molar-refractivity contribution >= 4 is 22.6 Å². The van der Waals surface area contributed by atoms with Gasteiger partial charge in [0.05, 0.1) is 11.7 Å². The molecule has 0 aliphatic rings. The molecule has 1 aromatic carbocycles. The van der Waals surface area contributed by atoms with Crippen molar-refractivity contribution in [3.63, 3.8) is 0 Å². The standard InChI is InChI=1S/C9H9N3O2/c10-7-2-1-3-8-6(7)4-11-12(8)5-9(13)14/h1-4H,5,10H2,(H,13,14). The van der Waals surface area contributed by atoms with Crippen LogP contribution in [0.25, 0.3) is 10.9 Å². The summed E-state index contributed by atoms with van der Waals surface area (Å²) in [5, 5.41) is 13.4.